The molecule has 5 rings (SSSR count). The summed E-state index contributed by atoms with van der Waals surface area (Å²) in [6.45, 7) is 0.731. The SMILES string of the molecule is Nc1ccc(-n2cnc3ccc(N4CCC[C@H]4c4cc(F)ccc4F)nc32)cc1. The van der Waals surface area contributed by atoms with Crippen molar-refractivity contribution in [1.29, 1.82) is 0 Å². The van der Waals surface area contributed by atoms with Crippen molar-refractivity contribution >= 4 is 22.7 Å². The van der Waals surface area contributed by atoms with Gasteiger partial charge >= 0.3 is 0 Å². The molecule has 1 atom stereocenters. The van der Waals surface area contributed by atoms with Gasteiger partial charge in [0.05, 0.1) is 6.04 Å². The normalized spacial score (nSPS) is 16.6. The zero-order valence-corrected chi connectivity index (χ0v) is 15.6. The summed E-state index contributed by atoms with van der Waals surface area (Å²) in [5.41, 5.74) is 9.22. The molecule has 5 nitrogen and oxygen atoms in total. The highest BCUT2D eigenvalue weighted by Crippen LogP contribution is 2.37. The highest BCUT2D eigenvalue weighted by molar-refractivity contribution is 5.75. The van der Waals surface area contributed by atoms with Gasteiger partial charge in [0.15, 0.2) is 5.65 Å². The first-order valence-corrected chi connectivity index (χ1v) is 9.52. The van der Waals surface area contributed by atoms with Crippen LogP contribution in [-0.2, 0) is 0 Å². The molecule has 0 radical (unpaired) electrons. The monoisotopic (exact) mass is 391 g/mol. The summed E-state index contributed by atoms with van der Waals surface area (Å²) in [4.78, 5) is 11.3. The van der Waals surface area contributed by atoms with Crippen molar-refractivity contribution < 1.29 is 8.78 Å². The van der Waals surface area contributed by atoms with Gasteiger partial charge in [0.25, 0.3) is 0 Å². The molecule has 2 aromatic carbocycles. The van der Waals surface area contributed by atoms with E-state index in [4.69, 9.17) is 10.7 Å². The van der Waals surface area contributed by atoms with Gasteiger partial charge in [-0.05, 0) is 67.4 Å². The molecule has 0 bridgehead atoms. The van der Waals surface area contributed by atoms with Crippen molar-refractivity contribution in [3.05, 3.63) is 78.1 Å². The second kappa shape index (κ2) is 6.84. The van der Waals surface area contributed by atoms with Crippen LogP contribution in [0.3, 0.4) is 0 Å². The van der Waals surface area contributed by atoms with Crippen LogP contribution in [0.15, 0.2) is 60.9 Å². The zero-order valence-electron chi connectivity index (χ0n) is 15.6. The quantitative estimate of drug-likeness (QED) is 0.518. The number of fused-ring (bicyclic) bond motifs is 1. The lowest BCUT2D eigenvalue weighted by molar-refractivity contribution is 0.560. The molecule has 2 N–H and O–H groups in total. The summed E-state index contributed by atoms with van der Waals surface area (Å²) >= 11 is 0. The number of pyridine rings is 1. The van der Waals surface area contributed by atoms with E-state index in [1.165, 1.54) is 12.1 Å². The average Bonchev–Trinajstić information content (AvgIpc) is 3.37. The predicted octanol–water partition coefficient (Wildman–Crippen LogP) is 4.62. The molecule has 1 aliphatic heterocycles. The van der Waals surface area contributed by atoms with E-state index >= 15 is 0 Å². The van der Waals surface area contributed by atoms with Crippen molar-refractivity contribution in [2.45, 2.75) is 18.9 Å². The average molecular weight is 391 g/mol. The van der Waals surface area contributed by atoms with E-state index in [1.807, 2.05) is 45.9 Å². The van der Waals surface area contributed by atoms with Gasteiger partial charge in [-0.15, -0.1) is 0 Å². The minimum absolute atomic E-state index is 0.247. The number of nitrogen functional groups attached to an aromatic ring is 1. The Morgan fingerprint density at radius 1 is 1.00 bits per heavy atom. The van der Waals surface area contributed by atoms with Gasteiger partial charge in [0.1, 0.15) is 29.3 Å². The molecule has 0 aliphatic carbocycles. The highest BCUT2D eigenvalue weighted by atomic mass is 19.1. The van der Waals surface area contributed by atoms with Crippen molar-refractivity contribution in [2.75, 3.05) is 17.2 Å². The van der Waals surface area contributed by atoms with E-state index in [0.717, 1.165) is 42.5 Å². The number of hydrogen-bond donors (Lipinski definition) is 1. The number of aromatic nitrogens is 3. The van der Waals surface area contributed by atoms with Crippen molar-refractivity contribution in [3.8, 4) is 5.69 Å². The number of benzene rings is 2. The molecule has 1 fully saturated rings. The first kappa shape index (κ1) is 17.6. The van der Waals surface area contributed by atoms with E-state index in [2.05, 4.69) is 4.98 Å². The molecule has 0 spiro atoms. The molecule has 4 aromatic rings. The fourth-order valence-corrected chi connectivity index (χ4v) is 4.00. The number of anilines is 2. The third-order valence-corrected chi connectivity index (χ3v) is 5.42. The Labute approximate surface area is 166 Å². The van der Waals surface area contributed by atoms with Crippen molar-refractivity contribution in [1.82, 2.24) is 14.5 Å². The van der Waals surface area contributed by atoms with Crippen LogP contribution in [0.4, 0.5) is 20.3 Å². The fraction of sp³-hybridized carbons (Fsp3) is 0.182. The highest BCUT2D eigenvalue weighted by Gasteiger charge is 2.30. The van der Waals surface area contributed by atoms with Crippen LogP contribution < -0.4 is 10.6 Å². The van der Waals surface area contributed by atoms with E-state index in [1.54, 1.807) is 6.33 Å². The largest absolute Gasteiger partial charge is 0.399 e. The van der Waals surface area contributed by atoms with Gasteiger partial charge < -0.3 is 10.6 Å². The number of imidazole rings is 1. The molecule has 3 heterocycles. The summed E-state index contributed by atoms with van der Waals surface area (Å²) in [5, 5.41) is 0. The Bertz CT molecular complexity index is 1190. The Morgan fingerprint density at radius 2 is 1.83 bits per heavy atom. The topological polar surface area (TPSA) is 60.0 Å². The number of halogens is 2. The molecule has 0 amide bonds. The summed E-state index contributed by atoms with van der Waals surface area (Å²) in [6, 6.07) is 14.6. The van der Waals surface area contributed by atoms with Crippen LogP contribution in [0.5, 0.6) is 0 Å². The van der Waals surface area contributed by atoms with Crippen LogP contribution in [0.25, 0.3) is 16.9 Å². The Morgan fingerprint density at radius 3 is 2.66 bits per heavy atom. The van der Waals surface area contributed by atoms with Crippen LogP contribution in [0.2, 0.25) is 0 Å². The lowest BCUT2D eigenvalue weighted by Crippen LogP contribution is -2.24. The Balaban J connectivity index is 1.57. The molecular weight excluding hydrogens is 372 g/mol. The molecular formula is C22H19F2N5. The maximum atomic E-state index is 14.4. The van der Waals surface area contributed by atoms with E-state index in [-0.39, 0.29) is 6.04 Å². The summed E-state index contributed by atoms with van der Waals surface area (Å²) in [7, 11) is 0. The third-order valence-electron chi connectivity index (χ3n) is 5.42. The minimum Gasteiger partial charge on any atom is -0.399 e. The Kier molecular flexibility index (Phi) is 4.16. The van der Waals surface area contributed by atoms with Gasteiger partial charge in [0.2, 0.25) is 0 Å². The number of nitrogens with zero attached hydrogens (tertiary/aromatic N) is 4. The van der Waals surface area contributed by atoms with E-state index in [0.29, 0.717) is 16.9 Å². The maximum absolute atomic E-state index is 14.4. The zero-order chi connectivity index (χ0) is 20.0. The molecule has 0 unspecified atom stereocenters. The number of hydrogen-bond acceptors (Lipinski definition) is 4. The fourth-order valence-electron chi connectivity index (χ4n) is 4.00. The van der Waals surface area contributed by atoms with Gasteiger partial charge in [-0.1, -0.05) is 0 Å². The van der Waals surface area contributed by atoms with Crippen molar-refractivity contribution in [3.63, 3.8) is 0 Å². The second-order valence-electron chi connectivity index (χ2n) is 7.24. The van der Waals surface area contributed by atoms with Gasteiger partial charge in [-0.25, -0.2) is 18.7 Å². The van der Waals surface area contributed by atoms with Crippen LogP contribution in [0.1, 0.15) is 24.4 Å². The molecule has 0 saturated carbocycles. The van der Waals surface area contributed by atoms with Gasteiger partial charge in [-0.2, -0.15) is 0 Å². The van der Waals surface area contributed by atoms with Crippen molar-refractivity contribution in [2.24, 2.45) is 0 Å². The Hall–Kier alpha value is -3.48. The molecule has 2 aromatic heterocycles. The summed E-state index contributed by atoms with van der Waals surface area (Å²) in [5.74, 6) is -0.102. The third kappa shape index (κ3) is 3.08. The first-order valence-electron chi connectivity index (χ1n) is 9.52. The number of nitrogens with two attached hydrogens (primary N) is 1. The molecule has 1 saturated heterocycles. The minimum atomic E-state index is -0.432. The summed E-state index contributed by atoms with van der Waals surface area (Å²) in [6.07, 6.45) is 3.36. The summed E-state index contributed by atoms with van der Waals surface area (Å²) < 4.78 is 30.0. The maximum Gasteiger partial charge on any atom is 0.166 e. The van der Waals surface area contributed by atoms with E-state index in [9.17, 15) is 8.78 Å². The molecule has 146 valence electrons. The molecule has 7 heteroatoms. The number of rotatable bonds is 3. The van der Waals surface area contributed by atoms with Crippen LogP contribution >= 0.6 is 0 Å². The van der Waals surface area contributed by atoms with Gasteiger partial charge in [0, 0.05) is 23.5 Å². The van der Waals surface area contributed by atoms with Gasteiger partial charge in [-0.3, -0.25) is 4.57 Å². The van der Waals surface area contributed by atoms with Crippen LogP contribution in [-0.4, -0.2) is 21.1 Å². The lowest BCUT2D eigenvalue weighted by Gasteiger charge is -2.26. The molecule has 29 heavy (non-hydrogen) atoms. The van der Waals surface area contributed by atoms with E-state index < -0.39 is 11.6 Å². The standard InChI is InChI=1S/C22H19F2N5/c23-14-3-8-18(24)17(12-14)20-2-1-11-28(20)21-10-9-19-22(27-21)29(13-26-19)16-6-4-15(25)5-7-16/h3-10,12-13,20H,1-2,11,25H2/t20-/m0/s1. The smallest absolute Gasteiger partial charge is 0.166 e. The predicted molar refractivity (Wildman–Crippen MR) is 109 cm³/mol. The lowest BCUT2D eigenvalue weighted by atomic mass is 10.0. The van der Waals surface area contributed by atoms with Crippen LogP contribution in [0, 0.1) is 11.6 Å². The molecule has 1 aliphatic rings. The first-order chi connectivity index (χ1) is 14.1. The second-order valence-corrected chi connectivity index (χ2v) is 7.24.